The molecule has 0 spiro atoms. The summed E-state index contributed by atoms with van der Waals surface area (Å²) in [5, 5.41) is 0. The molecule has 34 heavy (non-hydrogen) atoms. The van der Waals surface area contributed by atoms with E-state index in [4.69, 9.17) is 0 Å². The van der Waals surface area contributed by atoms with Gasteiger partial charge in [-0.3, -0.25) is 9.59 Å². The molecule has 2 aromatic carbocycles. The van der Waals surface area contributed by atoms with Crippen LogP contribution in [0.1, 0.15) is 76.0 Å². The molecule has 2 aliphatic carbocycles. The minimum absolute atomic E-state index is 0.0375. The van der Waals surface area contributed by atoms with E-state index in [1.807, 2.05) is 0 Å². The topological polar surface area (TPSA) is 37.4 Å². The summed E-state index contributed by atoms with van der Waals surface area (Å²) in [6.07, 6.45) is 3.12. The Labute approximate surface area is 204 Å². The molecule has 180 valence electrons. The van der Waals surface area contributed by atoms with Gasteiger partial charge in [-0.15, -0.1) is 0 Å². The van der Waals surface area contributed by atoms with Crippen molar-refractivity contribution >= 4 is 17.3 Å². The molecular weight excluding hydrogens is 418 g/mol. The van der Waals surface area contributed by atoms with Crippen molar-refractivity contribution in [3.8, 4) is 0 Å². The zero-order valence-electron chi connectivity index (χ0n) is 21.6. The summed E-state index contributed by atoms with van der Waals surface area (Å²) in [4.78, 5) is 30.3. The number of nitrogens with zero attached hydrogens (tertiary/aromatic N) is 1. The molecule has 3 nitrogen and oxygen atoms in total. The van der Waals surface area contributed by atoms with Crippen molar-refractivity contribution in [2.45, 2.75) is 85.2 Å². The molecule has 0 amide bonds. The number of fused-ring (bicyclic) bond motifs is 2. The first kappa shape index (κ1) is 23.3. The second-order valence-electron chi connectivity index (χ2n) is 12.9. The third-order valence-corrected chi connectivity index (χ3v) is 8.68. The summed E-state index contributed by atoms with van der Waals surface area (Å²) in [7, 11) is 0. The Morgan fingerprint density at radius 1 is 0.647 bits per heavy atom. The highest BCUT2D eigenvalue weighted by Gasteiger charge is 2.59. The van der Waals surface area contributed by atoms with Crippen LogP contribution in [0.5, 0.6) is 0 Å². The molecule has 0 N–H and O–H groups in total. The third kappa shape index (κ3) is 4.01. The fraction of sp³-hybridized carbons (Fsp3) is 0.548. The van der Waals surface area contributed by atoms with Crippen LogP contribution in [0, 0.1) is 36.5 Å². The predicted molar refractivity (Wildman–Crippen MR) is 138 cm³/mol. The number of anilines is 1. The minimum Gasteiger partial charge on any atom is -0.364 e. The Kier molecular flexibility index (Phi) is 5.54. The molecule has 0 radical (unpaired) electrons. The molecule has 4 atom stereocenters. The average Bonchev–Trinajstić information content (AvgIpc) is 2.72. The van der Waals surface area contributed by atoms with Crippen molar-refractivity contribution in [2.75, 3.05) is 4.90 Å². The van der Waals surface area contributed by atoms with Crippen molar-refractivity contribution in [1.82, 2.24) is 0 Å². The summed E-state index contributed by atoms with van der Waals surface area (Å²) in [6, 6.07) is 17.6. The number of ketones is 2. The van der Waals surface area contributed by atoms with E-state index < -0.39 is 0 Å². The number of carbonyl (C=O) groups is 2. The SMILES string of the molecule is Cc1ccc(C2C3C(=O)CC(C)(C)CC3N(c3ccc(C)cc3)C3CC(C)(C)CC(=O)C23)cc1. The van der Waals surface area contributed by atoms with E-state index in [2.05, 4.69) is 95.0 Å². The van der Waals surface area contributed by atoms with Crippen molar-refractivity contribution in [2.24, 2.45) is 22.7 Å². The molecule has 4 unspecified atom stereocenters. The Balaban J connectivity index is 1.71. The lowest BCUT2D eigenvalue weighted by molar-refractivity contribution is -0.138. The number of piperidine rings is 1. The maximum Gasteiger partial charge on any atom is 0.139 e. The fourth-order valence-electron chi connectivity index (χ4n) is 7.33. The van der Waals surface area contributed by atoms with Gasteiger partial charge < -0.3 is 4.90 Å². The van der Waals surface area contributed by atoms with Crippen LogP contribution in [0.2, 0.25) is 0 Å². The molecule has 1 aliphatic heterocycles. The second kappa shape index (κ2) is 8.07. The van der Waals surface area contributed by atoms with E-state index in [0.717, 1.165) is 18.5 Å². The third-order valence-electron chi connectivity index (χ3n) is 8.68. The number of carbonyl (C=O) groups excluding carboxylic acids is 2. The van der Waals surface area contributed by atoms with Crippen LogP contribution in [0.15, 0.2) is 48.5 Å². The molecule has 3 aliphatic rings. The van der Waals surface area contributed by atoms with Crippen LogP contribution in [-0.4, -0.2) is 23.7 Å². The van der Waals surface area contributed by atoms with Crippen molar-refractivity contribution in [3.63, 3.8) is 0 Å². The Morgan fingerprint density at radius 2 is 1.06 bits per heavy atom. The minimum atomic E-state index is -0.150. The van der Waals surface area contributed by atoms with Gasteiger partial charge in [0.1, 0.15) is 11.6 Å². The summed E-state index contributed by atoms with van der Waals surface area (Å²) >= 11 is 0. The van der Waals surface area contributed by atoms with Gasteiger partial charge in [-0.25, -0.2) is 0 Å². The standard InChI is InChI=1S/C31H39NO2/c1-19-7-11-21(12-8-19)27-28-23(15-30(3,4)17-25(28)33)32(22-13-9-20(2)10-14-22)24-16-31(5,6)18-26(34)29(24)27/h7-14,23-24,27-29H,15-18H2,1-6H3. The van der Waals surface area contributed by atoms with Gasteiger partial charge in [0.15, 0.2) is 0 Å². The zero-order chi connectivity index (χ0) is 24.4. The molecule has 0 bridgehead atoms. The van der Waals surface area contributed by atoms with Crippen LogP contribution in [-0.2, 0) is 9.59 Å². The van der Waals surface area contributed by atoms with Crippen molar-refractivity contribution in [3.05, 3.63) is 65.2 Å². The summed E-state index contributed by atoms with van der Waals surface area (Å²) in [6.45, 7) is 13.1. The van der Waals surface area contributed by atoms with Crippen LogP contribution < -0.4 is 4.90 Å². The first-order valence-electron chi connectivity index (χ1n) is 12.9. The normalized spacial score (nSPS) is 32.2. The lowest BCUT2D eigenvalue weighted by Gasteiger charge is -2.60. The van der Waals surface area contributed by atoms with Crippen LogP contribution in [0.25, 0.3) is 0 Å². The Hall–Kier alpha value is -2.42. The smallest absolute Gasteiger partial charge is 0.139 e. The molecule has 3 fully saturated rings. The van der Waals surface area contributed by atoms with Gasteiger partial charge in [-0.2, -0.15) is 0 Å². The summed E-state index contributed by atoms with van der Waals surface area (Å²) in [5.74, 6) is 0.330. The predicted octanol–water partition coefficient (Wildman–Crippen LogP) is 6.66. The molecule has 5 rings (SSSR count). The molecule has 0 aromatic heterocycles. The number of aryl methyl sites for hydroxylation is 2. The van der Waals surface area contributed by atoms with Crippen LogP contribution in [0.4, 0.5) is 5.69 Å². The molecule has 3 heteroatoms. The molecule has 2 aromatic rings. The number of hydrogen-bond donors (Lipinski definition) is 0. The molecule has 1 saturated heterocycles. The fourth-order valence-corrected chi connectivity index (χ4v) is 7.33. The van der Waals surface area contributed by atoms with Gasteiger partial charge in [0.25, 0.3) is 0 Å². The second-order valence-corrected chi connectivity index (χ2v) is 12.9. The largest absolute Gasteiger partial charge is 0.364 e. The average molecular weight is 458 g/mol. The maximum atomic E-state index is 13.9. The summed E-state index contributed by atoms with van der Waals surface area (Å²) < 4.78 is 0. The van der Waals surface area contributed by atoms with Gasteiger partial charge in [0.2, 0.25) is 0 Å². The highest BCUT2D eigenvalue weighted by atomic mass is 16.1. The lowest BCUT2D eigenvalue weighted by atomic mass is 9.53. The zero-order valence-corrected chi connectivity index (χ0v) is 21.6. The van der Waals surface area contributed by atoms with E-state index in [1.165, 1.54) is 16.7 Å². The quantitative estimate of drug-likeness (QED) is 0.506. The van der Waals surface area contributed by atoms with E-state index >= 15 is 0 Å². The van der Waals surface area contributed by atoms with Gasteiger partial charge >= 0.3 is 0 Å². The monoisotopic (exact) mass is 457 g/mol. The van der Waals surface area contributed by atoms with E-state index in [0.29, 0.717) is 24.4 Å². The number of Topliss-reactive ketones (excluding diaryl/α,β-unsaturated/α-hetero) is 2. The molecular formula is C31H39NO2. The maximum absolute atomic E-state index is 13.9. The Morgan fingerprint density at radius 3 is 1.50 bits per heavy atom. The number of benzene rings is 2. The van der Waals surface area contributed by atoms with E-state index in [1.54, 1.807) is 0 Å². The molecule has 1 heterocycles. The van der Waals surface area contributed by atoms with Gasteiger partial charge in [0.05, 0.1) is 0 Å². The number of hydrogen-bond acceptors (Lipinski definition) is 3. The number of rotatable bonds is 2. The van der Waals surface area contributed by atoms with Gasteiger partial charge in [0, 0.05) is 48.4 Å². The first-order valence-corrected chi connectivity index (χ1v) is 12.9. The lowest BCUT2D eigenvalue weighted by Crippen LogP contribution is -2.66. The van der Waals surface area contributed by atoms with Crippen LogP contribution >= 0.6 is 0 Å². The van der Waals surface area contributed by atoms with Gasteiger partial charge in [-0.1, -0.05) is 75.2 Å². The highest BCUT2D eigenvalue weighted by Crippen LogP contribution is 2.56. The van der Waals surface area contributed by atoms with Crippen molar-refractivity contribution in [1.29, 1.82) is 0 Å². The highest BCUT2D eigenvalue weighted by molar-refractivity contribution is 5.90. The van der Waals surface area contributed by atoms with Gasteiger partial charge in [-0.05, 0) is 55.2 Å². The van der Waals surface area contributed by atoms with E-state index in [-0.39, 0.29) is 40.7 Å². The Bertz CT molecular complexity index is 1050. The summed E-state index contributed by atoms with van der Waals surface area (Å²) in [5.41, 5.74) is 4.68. The van der Waals surface area contributed by atoms with Crippen molar-refractivity contribution < 1.29 is 9.59 Å². The molecule has 2 saturated carbocycles. The van der Waals surface area contributed by atoms with E-state index in [9.17, 15) is 9.59 Å². The van der Waals surface area contributed by atoms with Crippen LogP contribution in [0.3, 0.4) is 0 Å². The first-order chi connectivity index (χ1) is 16.0.